The van der Waals surface area contributed by atoms with Gasteiger partial charge in [0.05, 0.1) is 9.82 Å². The van der Waals surface area contributed by atoms with E-state index in [1.807, 2.05) is 0 Å². The van der Waals surface area contributed by atoms with Crippen molar-refractivity contribution in [2.75, 3.05) is 18.0 Å². The predicted molar refractivity (Wildman–Crippen MR) is 87.3 cm³/mol. The van der Waals surface area contributed by atoms with E-state index in [4.69, 9.17) is 4.18 Å². The Hall–Kier alpha value is -2.94. The van der Waals surface area contributed by atoms with Crippen LogP contribution in [0.1, 0.15) is 0 Å². The van der Waals surface area contributed by atoms with Crippen LogP contribution in [0.15, 0.2) is 53.4 Å². The standard InChI is InChI=1S/C15H13N3O5S/c19-15-16-9-10-17(15)11-3-7-14(8-4-11)24(22)23-13-5-1-12(2-6-13)18(20)21/h1-8H,9-10H2,(H,16,19). The van der Waals surface area contributed by atoms with Crippen molar-refractivity contribution >= 4 is 28.5 Å². The number of hydrogen-bond donors (Lipinski definition) is 1. The Labute approximate surface area is 139 Å². The van der Waals surface area contributed by atoms with E-state index in [9.17, 15) is 19.1 Å². The number of anilines is 1. The molecule has 1 N–H and O–H groups in total. The third-order valence-corrected chi connectivity index (χ3v) is 4.42. The first-order chi connectivity index (χ1) is 11.5. The predicted octanol–water partition coefficient (Wildman–Crippen LogP) is 2.23. The molecule has 1 fully saturated rings. The number of nitrogens with zero attached hydrogens (tertiary/aromatic N) is 2. The van der Waals surface area contributed by atoms with Gasteiger partial charge in [-0.3, -0.25) is 15.0 Å². The lowest BCUT2D eigenvalue weighted by Crippen LogP contribution is -2.27. The molecule has 24 heavy (non-hydrogen) atoms. The summed E-state index contributed by atoms with van der Waals surface area (Å²) in [5, 5.41) is 13.3. The second kappa shape index (κ2) is 6.67. The Balaban J connectivity index is 1.68. The number of non-ortho nitro benzene ring substituents is 1. The van der Waals surface area contributed by atoms with Crippen molar-refractivity contribution in [1.29, 1.82) is 0 Å². The van der Waals surface area contributed by atoms with Crippen LogP contribution in [0.2, 0.25) is 0 Å². The zero-order valence-electron chi connectivity index (χ0n) is 12.4. The molecule has 0 saturated carbocycles. The van der Waals surface area contributed by atoms with Crippen LogP contribution in [0.5, 0.6) is 5.75 Å². The minimum atomic E-state index is -1.76. The van der Waals surface area contributed by atoms with Crippen LogP contribution in [-0.2, 0) is 11.1 Å². The monoisotopic (exact) mass is 347 g/mol. The highest BCUT2D eigenvalue weighted by Crippen LogP contribution is 2.22. The summed E-state index contributed by atoms with van der Waals surface area (Å²) >= 11 is -1.76. The molecule has 0 radical (unpaired) electrons. The first kappa shape index (κ1) is 15.9. The van der Waals surface area contributed by atoms with Crippen LogP contribution in [0.3, 0.4) is 0 Å². The Bertz CT molecular complexity index is 792. The van der Waals surface area contributed by atoms with Crippen LogP contribution in [0.4, 0.5) is 16.2 Å². The van der Waals surface area contributed by atoms with Crippen molar-refractivity contribution in [2.45, 2.75) is 4.90 Å². The van der Waals surface area contributed by atoms with E-state index in [0.717, 1.165) is 0 Å². The molecule has 1 heterocycles. The fourth-order valence-corrected chi connectivity index (χ4v) is 2.95. The molecule has 1 aliphatic heterocycles. The summed E-state index contributed by atoms with van der Waals surface area (Å²) in [6.07, 6.45) is 0. The molecule has 2 amide bonds. The van der Waals surface area contributed by atoms with Crippen LogP contribution >= 0.6 is 0 Å². The van der Waals surface area contributed by atoms with Gasteiger partial charge in [0.25, 0.3) is 5.69 Å². The molecule has 3 rings (SSSR count). The average molecular weight is 347 g/mol. The quantitative estimate of drug-likeness (QED) is 0.660. The highest BCUT2D eigenvalue weighted by molar-refractivity contribution is 7.80. The molecule has 2 aromatic rings. The SMILES string of the molecule is O=C1NCCN1c1ccc(S(=O)Oc2ccc([N+](=O)[O-])cc2)cc1. The lowest BCUT2D eigenvalue weighted by molar-refractivity contribution is -0.384. The number of benzene rings is 2. The molecule has 1 atom stereocenters. The van der Waals surface area contributed by atoms with Crippen molar-refractivity contribution in [3.05, 3.63) is 58.6 Å². The molecule has 2 aromatic carbocycles. The number of amides is 2. The number of nitrogens with one attached hydrogen (secondary N) is 1. The summed E-state index contributed by atoms with van der Waals surface area (Å²) in [6.45, 7) is 1.18. The number of urea groups is 1. The van der Waals surface area contributed by atoms with Crippen molar-refractivity contribution in [3.63, 3.8) is 0 Å². The molecular formula is C15H13N3O5S. The maximum absolute atomic E-state index is 12.2. The number of nitro benzene ring substituents is 1. The van der Waals surface area contributed by atoms with Gasteiger partial charge >= 0.3 is 6.03 Å². The fraction of sp³-hybridized carbons (Fsp3) is 0.133. The second-order valence-electron chi connectivity index (χ2n) is 4.95. The van der Waals surface area contributed by atoms with Gasteiger partial charge in [-0.15, -0.1) is 0 Å². The molecule has 0 aliphatic carbocycles. The number of nitro groups is 1. The molecule has 1 saturated heterocycles. The lowest BCUT2D eigenvalue weighted by Gasteiger charge is -2.14. The average Bonchev–Trinajstić information content (AvgIpc) is 3.01. The minimum absolute atomic E-state index is 0.0682. The molecule has 1 unspecified atom stereocenters. The lowest BCUT2D eigenvalue weighted by atomic mass is 10.3. The van der Waals surface area contributed by atoms with Crippen molar-refractivity contribution < 1.29 is 18.1 Å². The number of hydrogen-bond acceptors (Lipinski definition) is 5. The first-order valence-corrected chi connectivity index (χ1v) is 8.12. The summed E-state index contributed by atoms with van der Waals surface area (Å²) in [5.74, 6) is 0.266. The maximum atomic E-state index is 12.2. The van der Waals surface area contributed by atoms with Gasteiger partial charge in [-0.05, 0) is 36.4 Å². The van der Waals surface area contributed by atoms with E-state index in [0.29, 0.717) is 23.7 Å². The van der Waals surface area contributed by atoms with Crippen LogP contribution in [-0.4, -0.2) is 28.3 Å². The van der Waals surface area contributed by atoms with E-state index >= 15 is 0 Å². The van der Waals surface area contributed by atoms with Crippen LogP contribution in [0, 0.1) is 10.1 Å². The molecular weight excluding hydrogens is 334 g/mol. The van der Waals surface area contributed by atoms with Crippen molar-refractivity contribution in [3.8, 4) is 5.75 Å². The summed E-state index contributed by atoms with van der Waals surface area (Å²) in [5.41, 5.74) is 0.641. The summed E-state index contributed by atoms with van der Waals surface area (Å²) in [6, 6.07) is 11.8. The van der Waals surface area contributed by atoms with Crippen molar-refractivity contribution in [1.82, 2.24) is 5.32 Å². The van der Waals surface area contributed by atoms with Gasteiger partial charge in [-0.25, -0.2) is 9.00 Å². The minimum Gasteiger partial charge on any atom is -0.397 e. The van der Waals surface area contributed by atoms with Gasteiger partial charge in [0.1, 0.15) is 5.75 Å². The molecule has 1 aliphatic rings. The van der Waals surface area contributed by atoms with E-state index in [1.54, 1.807) is 29.2 Å². The summed E-state index contributed by atoms with van der Waals surface area (Å²) in [4.78, 5) is 23.7. The van der Waals surface area contributed by atoms with E-state index in [-0.39, 0.29) is 17.5 Å². The van der Waals surface area contributed by atoms with Gasteiger partial charge in [-0.2, -0.15) is 0 Å². The van der Waals surface area contributed by atoms with Crippen LogP contribution < -0.4 is 14.4 Å². The molecule has 124 valence electrons. The van der Waals surface area contributed by atoms with Gasteiger partial charge < -0.3 is 9.50 Å². The molecule has 8 nitrogen and oxygen atoms in total. The second-order valence-corrected chi connectivity index (χ2v) is 6.05. The zero-order chi connectivity index (χ0) is 17.1. The largest absolute Gasteiger partial charge is 0.397 e. The summed E-state index contributed by atoms with van der Waals surface area (Å²) in [7, 11) is 0. The maximum Gasteiger partial charge on any atom is 0.321 e. The Morgan fingerprint density at radius 3 is 2.33 bits per heavy atom. The number of carbonyl (C=O) groups excluding carboxylic acids is 1. The molecule has 0 bridgehead atoms. The van der Waals surface area contributed by atoms with Gasteiger partial charge in [0.2, 0.25) is 11.1 Å². The Morgan fingerprint density at radius 1 is 1.12 bits per heavy atom. The highest BCUT2D eigenvalue weighted by Gasteiger charge is 2.21. The topological polar surface area (TPSA) is 102 Å². The normalized spacial score (nSPS) is 15.0. The first-order valence-electron chi connectivity index (χ1n) is 7.04. The third kappa shape index (κ3) is 3.35. The van der Waals surface area contributed by atoms with E-state index in [1.165, 1.54) is 24.3 Å². The van der Waals surface area contributed by atoms with Gasteiger partial charge in [0.15, 0.2) is 0 Å². The molecule has 0 spiro atoms. The molecule has 9 heteroatoms. The number of rotatable bonds is 5. The van der Waals surface area contributed by atoms with Crippen molar-refractivity contribution in [2.24, 2.45) is 0 Å². The summed E-state index contributed by atoms with van der Waals surface area (Å²) < 4.78 is 17.5. The highest BCUT2D eigenvalue weighted by atomic mass is 32.2. The van der Waals surface area contributed by atoms with Gasteiger partial charge in [-0.1, -0.05) is 0 Å². The number of carbonyl (C=O) groups is 1. The Morgan fingerprint density at radius 2 is 1.79 bits per heavy atom. The Kier molecular flexibility index (Phi) is 4.43. The van der Waals surface area contributed by atoms with Crippen LogP contribution in [0.25, 0.3) is 0 Å². The smallest absolute Gasteiger partial charge is 0.321 e. The van der Waals surface area contributed by atoms with Gasteiger partial charge in [0, 0.05) is 30.9 Å². The molecule has 0 aromatic heterocycles. The third-order valence-electron chi connectivity index (χ3n) is 3.42. The van der Waals surface area contributed by atoms with E-state index < -0.39 is 16.0 Å². The fourth-order valence-electron chi connectivity index (χ4n) is 2.21. The van der Waals surface area contributed by atoms with E-state index in [2.05, 4.69) is 5.32 Å². The zero-order valence-corrected chi connectivity index (χ0v) is 13.2.